The van der Waals surface area contributed by atoms with E-state index in [1.165, 1.54) is 6.07 Å². The van der Waals surface area contributed by atoms with Gasteiger partial charge in [-0.2, -0.15) is 0 Å². The Bertz CT molecular complexity index is 940. The molecule has 0 aromatic heterocycles. The molecule has 0 heterocycles. The van der Waals surface area contributed by atoms with Gasteiger partial charge in [-0.05, 0) is 55.2 Å². The van der Waals surface area contributed by atoms with Crippen LogP contribution in [-0.2, 0) is 10.0 Å². The van der Waals surface area contributed by atoms with Crippen LogP contribution in [-0.4, -0.2) is 26.0 Å². The number of hydrogen-bond acceptors (Lipinski definition) is 5. The number of benzene rings is 2. The van der Waals surface area contributed by atoms with E-state index in [9.17, 15) is 18.3 Å². The zero-order chi connectivity index (χ0) is 18.9. The number of carbonyl (C=O) groups is 1. The number of nitrogens with two attached hydrogens (primary N) is 1. The van der Waals surface area contributed by atoms with E-state index in [0.29, 0.717) is 23.2 Å². The van der Waals surface area contributed by atoms with Crippen molar-refractivity contribution in [3.05, 3.63) is 47.0 Å². The average molecular weight is 397 g/mol. The second kappa shape index (κ2) is 7.14. The van der Waals surface area contributed by atoms with Crippen molar-refractivity contribution in [3.8, 4) is 11.5 Å². The monoisotopic (exact) mass is 396 g/mol. The molecule has 138 valence electrons. The summed E-state index contributed by atoms with van der Waals surface area (Å²) >= 11 is 5.85. The molecule has 1 aliphatic rings. The van der Waals surface area contributed by atoms with Crippen LogP contribution in [0.4, 0.5) is 5.69 Å². The van der Waals surface area contributed by atoms with E-state index in [1.807, 2.05) is 0 Å². The van der Waals surface area contributed by atoms with Crippen molar-refractivity contribution in [3.63, 3.8) is 0 Å². The first-order valence-corrected chi connectivity index (χ1v) is 9.78. The van der Waals surface area contributed by atoms with Crippen molar-refractivity contribution in [1.82, 2.24) is 0 Å². The molecule has 2 aromatic rings. The lowest BCUT2D eigenvalue weighted by Crippen LogP contribution is -2.16. The Labute approximate surface area is 155 Å². The molecule has 0 unspecified atom stereocenters. The van der Waals surface area contributed by atoms with Crippen LogP contribution in [0, 0.1) is 5.92 Å². The van der Waals surface area contributed by atoms with E-state index in [4.69, 9.17) is 21.5 Å². The maximum absolute atomic E-state index is 12.0. The van der Waals surface area contributed by atoms with Gasteiger partial charge in [-0.15, -0.1) is 0 Å². The fourth-order valence-corrected chi connectivity index (χ4v) is 3.20. The van der Waals surface area contributed by atoms with Crippen LogP contribution in [0.3, 0.4) is 0 Å². The number of carboxylic acids is 1. The van der Waals surface area contributed by atoms with Gasteiger partial charge in [0.25, 0.3) is 0 Å². The molecule has 1 aliphatic carbocycles. The Balaban J connectivity index is 2.09. The summed E-state index contributed by atoms with van der Waals surface area (Å²) in [5, 5.41) is 18.2. The van der Waals surface area contributed by atoms with Gasteiger partial charge >= 0.3 is 5.97 Å². The molecule has 0 radical (unpaired) electrons. The lowest BCUT2D eigenvalue weighted by molar-refractivity contribution is 0.0696. The van der Waals surface area contributed by atoms with Crippen molar-refractivity contribution in [2.24, 2.45) is 11.1 Å². The average Bonchev–Trinajstić information content (AvgIpc) is 3.38. The molecule has 26 heavy (non-hydrogen) atoms. The van der Waals surface area contributed by atoms with Crippen molar-refractivity contribution < 1.29 is 23.1 Å². The number of rotatable bonds is 7. The van der Waals surface area contributed by atoms with E-state index in [-0.39, 0.29) is 17.0 Å². The SMILES string of the molecule is NS(=O)(=O)c1cc(C(=O)O)cc(NCC2CC2)c1Oc1ccc(Cl)cc1. The molecule has 0 saturated heterocycles. The van der Waals surface area contributed by atoms with E-state index in [1.54, 1.807) is 24.3 Å². The van der Waals surface area contributed by atoms with Crippen molar-refractivity contribution in [2.75, 3.05) is 11.9 Å². The quantitative estimate of drug-likeness (QED) is 0.660. The minimum Gasteiger partial charge on any atom is -0.478 e. The Morgan fingerprint density at radius 3 is 2.46 bits per heavy atom. The molecule has 0 spiro atoms. The van der Waals surface area contributed by atoms with Crippen LogP contribution in [0.5, 0.6) is 11.5 Å². The molecule has 0 amide bonds. The zero-order valence-corrected chi connectivity index (χ0v) is 15.2. The van der Waals surface area contributed by atoms with Crippen molar-refractivity contribution in [1.29, 1.82) is 0 Å². The summed E-state index contributed by atoms with van der Waals surface area (Å²) in [5.74, 6) is -0.482. The largest absolute Gasteiger partial charge is 0.478 e. The van der Waals surface area contributed by atoms with Crippen molar-refractivity contribution in [2.45, 2.75) is 17.7 Å². The Kier molecular flexibility index (Phi) is 5.08. The number of ether oxygens (including phenoxy) is 1. The molecule has 2 aromatic carbocycles. The molecule has 9 heteroatoms. The molecular weight excluding hydrogens is 380 g/mol. The third-order valence-corrected chi connectivity index (χ3v) is 5.09. The second-order valence-electron chi connectivity index (χ2n) is 6.08. The third-order valence-electron chi connectivity index (χ3n) is 3.92. The molecule has 0 bridgehead atoms. The fraction of sp³-hybridized carbons (Fsp3) is 0.235. The van der Waals surface area contributed by atoms with Crippen LogP contribution in [0.1, 0.15) is 23.2 Å². The summed E-state index contributed by atoms with van der Waals surface area (Å²) in [6.07, 6.45) is 2.14. The summed E-state index contributed by atoms with van der Waals surface area (Å²) in [5.41, 5.74) is 0.0616. The molecule has 4 N–H and O–H groups in total. The lowest BCUT2D eigenvalue weighted by Gasteiger charge is -2.17. The standard InChI is InChI=1S/C17H17ClN2O5S/c18-12-3-5-13(6-4-12)25-16-14(20-9-10-1-2-10)7-11(17(21)22)8-15(16)26(19,23)24/h3-8,10,20H,1-2,9H2,(H,21,22)(H2,19,23,24). The molecule has 0 aliphatic heterocycles. The number of hydrogen-bond donors (Lipinski definition) is 3. The van der Waals surface area contributed by atoms with E-state index in [0.717, 1.165) is 18.9 Å². The molecule has 0 atom stereocenters. The summed E-state index contributed by atoms with van der Waals surface area (Å²) < 4.78 is 29.8. The van der Waals surface area contributed by atoms with Crippen LogP contribution in [0.2, 0.25) is 5.02 Å². The van der Waals surface area contributed by atoms with Crippen LogP contribution < -0.4 is 15.2 Å². The topological polar surface area (TPSA) is 119 Å². The molecule has 1 saturated carbocycles. The van der Waals surface area contributed by atoms with Gasteiger partial charge < -0.3 is 15.2 Å². The summed E-state index contributed by atoms with van der Waals surface area (Å²) in [7, 11) is -4.22. The number of sulfonamides is 1. The van der Waals surface area contributed by atoms with Gasteiger partial charge in [-0.3, -0.25) is 0 Å². The Hall–Kier alpha value is -2.29. The van der Waals surface area contributed by atoms with Gasteiger partial charge in [0.05, 0.1) is 11.3 Å². The first-order valence-electron chi connectivity index (χ1n) is 7.85. The highest BCUT2D eigenvalue weighted by Gasteiger charge is 2.26. The second-order valence-corrected chi connectivity index (χ2v) is 8.05. The van der Waals surface area contributed by atoms with Gasteiger partial charge in [0, 0.05) is 11.6 Å². The van der Waals surface area contributed by atoms with Gasteiger partial charge in [-0.1, -0.05) is 11.6 Å². The molecular formula is C17H17ClN2O5S. The molecule has 3 rings (SSSR count). The minimum absolute atomic E-state index is 0.0412. The van der Waals surface area contributed by atoms with Crippen LogP contribution in [0.15, 0.2) is 41.3 Å². The number of nitrogens with one attached hydrogen (secondary N) is 1. The number of anilines is 1. The maximum atomic E-state index is 12.0. The van der Waals surface area contributed by atoms with Gasteiger partial charge in [-0.25, -0.2) is 18.4 Å². The minimum atomic E-state index is -4.22. The predicted molar refractivity (Wildman–Crippen MR) is 97.5 cm³/mol. The van der Waals surface area contributed by atoms with Gasteiger partial charge in [0.2, 0.25) is 10.0 Å². The first-order chi connectivity index (χ1) is 12.2. The number of primary sulfonamides is 1. The van der Waals surface area contributed by atoms with E-state index >= 15 is 0 Å². The van der Waals surface area contributed by atoms with Crippen LogP contribution >= 0.6 is 11.6 Å². The Morgan fingerprint density at radius 1 is 1.27 bits per heavy atom. The zero-order valence-electron chi connectivity index (χ0n) is 13.6. The predicted octanol–water partition coefficient (Wildman–Crippen LogP) is 3.30. The molecule has 7 nitrogen and oxygen atoms in total. The van der Waals surface area contributed by atoms with Crippen LogP contribution in [0.25, 0.3) is 0 Å². The first kappa shape index (κ1) is 18.5. The van der Waals surface area contributed by atoms with E-state index < -0.39 is 20.9 Å². The lowest BCUT2D eigenvalue weighted by atomic mass is 10.1. The summed E-state index contributed by atoms with van der Waals surface area (Å²) in [6, 6.07) is 8.67. The van der Waals surface area contributed by atoms with E-state index in [2.05, 4.69) is 5.32 Å². The highest BCUT2D eigenvalue weighted by Crippen LogP contribution is 2.38. The molecule has 1 fully saturated rings. The third kappa shape index (κ3) is 4.46. The smallest absolute Gasteiger partial charge is 0.335 e. The number of carboxylic acid groups (broad SMARTS) is 1. The maximum Gasteiger partial charge on any atom is 0.335 e. The normalized spacial score (nSPS) is 14.1. The van der Waals surface area contributed by atoms with Gasteiger partial charge in [0.1, 0.15) is 10.6 Å². The highest BCUT2D eigenvalue weighted by atomic mass is 35.5. The van der Waals surface area contributed by atoms with Gasteiger partial charge in [0.15, 0.2) is 5.75 Å². The summed E-state index contributed by atoms with van der Waals surface area (Å²) in [6.45, 7) is 0.587. The Morgan fingerprint density at radius 2 is 1.92 bits per heavy atom. The number of halogens is 1. The number of aromatic carboxylic acids is 1. The summed E-state index contributed by atoms with van der Waals surface area (Å²) in [4.78, 5) is 11.0. The fourth-order valence-electron chi connectivity index (χ4n) is 2.37. The van der Waals surface area contributed by atoms with Crippen molar-refractivity contribution >= 4 is 33.3 Å². The highest BCUT2D eigenvalue weighted by molar-refractivity contribution is 7.89.